The molecule has 0 unspecified atom stereocenters. The molecule has 160 valence electrons. The van der Waals surface area contributed by atoms with Crippen molar-refractivity contribution in [3.63, 3.8) is 0 Å². The van der Waals surface area contributed by atoms with Gasteiger partial charge in [0.05, 0.1) is 18.5 Å². The minimum Gasteiger partial charge on any atom is -0.497 e. The highest BCUT2D eigenvalue weighted by molar-refractivity contribution is 6.30. The van der Waals surface area contributed by atoms with E-state index in [1.165, 1.54) is 0 Å². The first kappa shape index (κ1) is 21.2. The number of fused-ring (bicyclic) bond motifs is 3. The van der Waals surface area contributed by atoms with Crippen LogP contribution in [0.25, 0.3) is 5.69 Å². The molecule has 0 aliphatic carbocycles. The standard InChI is InChI=1S/C24H25ClN4O2/c1-14(2)11-18(30)12-21-24-28-27-15(3)29(24)22-10-9-19(31-4)13-20(22)23(26-21)16-5-7-17(25)8-6-16/h5-10,13-14,21H,11-12H2,1-4H3/t21-/m0/s1. The van der Waals surface area contributed by atoms with Crippen molar-refractivity contribution in [1.29, 1.82) is 0 Å². The predicted octanol–water partition coefficient (Wildman–Crippen LogP) is 5.14. The Kier molecular flexibility index (Phi) is 5.92. The second-order valence-electron chi connectivity index (χ2n) is 8.17. The Morgan fingerprint density at radius 2 is 1.90 bits per heavy atom. The molecular weight excluding hydrogens is 412 g/mol. The maximum Gasteiger partial charge on any atom is 0.162 e. The van der Waals surface area contributed by atoms with Crippen LogP contribution in [0.4, 0.5) is 0 Å². The van der Waals surface area contributed by atoms with Gasteiger partial charge in [-0.15, -0.1) is 10.2 Å². The fourth-order valence-electron chi connectivity index (χ4n) is 3.93. The number of ether oxygens (including phenoxy) is 1. The molecule has 4 rings (SSSR count). The van der Waals surface area contributed by atoms with Gasteiger partial charge in [-0.1, -0.05) is 37.6 Å². The summed E-state index contributed by atoms with van der Waals surface area (Å²) in [7, 11) is 1.64. The number of aromatic nitrogens is 3. The lowest BCUT2D eigenvalue weighted by molar-refractivity contribution is -0.120. The number of methoxy groups -OCH3 is 1. The van der Waals surface area contributed by atoms with Crippen molar-refractivity contribution in [3.05, 3.63) is 70.3 Å². The molecule has 0 saturated carbocycles. The van der Waals surface area contributed by atoms with Crippen molar-refractivity contribution in [2.24, 2.45) is 10.9 Å². The maximum atomic E-state index is 12.7. The zero-order chi connectivity index (χ0) is 22.1. The molecule has 1 aliphatic rings. The van der Waals surface area contributed by atoms with Gasteiger partial charge in [0, 0.05) is 29.0 Å². The van der Waals surface area contributed by atoms with E-state index >= 15 is 0 Å². The van der Waals surface area contributed by atoms with E-state index in [0.717, 1.165) is 34.1 Å². The fourth-order valence-corrected chi connectivity index (χ4v) is 4.06. The number of carbonyl (C=O) groups is 1. The summed E-state index contributed by atoms with van der Waals surface area (Å²) in [4.78, 5) is 17.8. The largest absolute Gasteiger partial charge is 0.497 e. The molecule has 2 aromatic carbocycles. The first-order valence-electron chi connectivity index (χ1n) is 10.3. The summed E-state index contributed by atoms with van der Waals surface area (Å²) in [5, 5.41) is 9.36. The van der Waals surface area contributed by atoms with Crippen LogP contribution in [0.2, 0.25) is 5.02 Å². The second kappa shape index (κ2) is 8.63. The fraction of sp³-hybridized carbons (Fsp3) is 0.333. The number of hydrogen-bond donors (Lipinski definition) is 0. The molecule has 1 atom stereocenters. The zero-order valence-electron chi connectivity index (χ0n) is 18.1. The Balaban J connectivity index is 1.93. The average Bonchev–Trinajstić information content (AvgIpc) is 3.05. The summed E-state index contributed by atoms with van der Waals surface area (Å²) in [6.45, 7) is 6.00. The molecule has 7 heteroatoms. The third kappa shape index (κ3) is 4.26. The molecule has 0 bridgehead atoms. The molecule has 6 nitrogen and oxygen atoms in total. The van der Waals surface area contributed by atoms with E-state index in [9.17, 15) is 4.79 Å². The van der Waals surface area contributed by atoms with Gasteiger partial charge in [0.15, 0.2) is 5.82 Å². The van der Waals surface area contributed by atoms with Crippen LogP contribution < -0.4 is 4.74 Å². The van der Waals surface area contributed by atoms with Crippen molar-refractivity contribution in [2.45, 2.75) is 39.7 Å². The number of aliphatic imine (C=N–C) groups is 1. The first-order chi connectivity index (χ1) is 14.9. The molecule has 0 fully saturated rings. The van der Waals surface area contributed by atoms with Gasteiger partial charge in [0.1, 0.15) is 23.4 Å². The number of carbonyl (C=O) groups excluding carboxylic acids is 1. The summed E-state index contributed by atoms with van der Waals surface area (Å²) >= 11 is 6.13. The van der Waals surface area contributed by atoms with Gasteiger partial charge in [-0.05, 0) is 43.2 Å². The number of nitrogens with zero attached hydrogens (tertiary/aromatic N) is 4. The van der Waals surface area contributed by atoms with E-state index in [4.69, 9.17) is 21.3 Å². The summed E-state index contributed by atoms with van der Waals surface area (Å²) in [5.41, 5.74) is 3.49. The summed E-state index contributed by atoms with van der Waals surface area (Å²) in [6, 6.07) is 13.0. The van der Waals surface area contributed by atoms with Gasteiger partial charge in [0.2, 0.25) is 0 Å². The molecule has 0 amide bonds. The van der Waals surface area contributed by atoms with Crippen LogP contribution in [-0.4, -0.2) is 33.4 Å². The third-order valence-electron chi connectivity index (χ3n) is 5.31. The van der Waals surface area contributed by atoms with Crippen LogP contribution in [0.3, 0.4) is 0 Å². The average molecular weight is 437 g/mol. The van der Waals surface area contributed by atoms with E-state index in [2.05, 4.69) is 10.2 Å². The van der Waals surface area contributed by atoms with Gasteiger partial charge >= 0.3 is 0 Å². The molecule has 3 aromatic rings. The summed E-state index contributed by atoms with van der Waals surface area (Å²) in [6.07, 6.45) is 0.786. The number of hydrogen-bond acceptors (Lipinski definition) is 5. The molecule has 0 N–H and O–H groups in total. The second-order valence-corrected chi connectivity index (χ2v) is 8.60. The molecular formula is C24H25ClN4O2. The highest BCUT2D eigenvalue weighted by atomic mass is 35.5. The van der Waals surface area contributed by atoms with Crippen LogP contribution >= 0.6 is 11.6 Å². The van der Waals surface area contributed by atoms with Crippen molar-refractivity contribution in [1.82, 2.24) is 14.8 Å². The number of Topliss-reactive ketones (excluding diaryl/α,β-unsaturated/α-hetero) is 1. The Bertz CT molecular complexity index is 1150. The molecule has 31 heavy (non-hydrogen) atoms. The van der Waals surface area contributed by atoms with Gasteiger partial charge in [-0.2, -0.15) is 0 Å². The van der Waals surface area contributed by atoms with Crippen LogP contribution in [-0.2, 0) is 4.79 Å². The number of ketones is 1. The molecule has 2 heterocycles. The van der Waals surface area contributed by atoms with E-state index in [1.807, 2.05) is 67.8 Å². The van der Waals surface area contributed by atoms with E-state index in [-0.39, 0.29) is 12.2 Å². The van der Waals surface area contributed by atoms with Gasteiger partial charge in [-0.25, -0.2) is 0 Å². The third-order valence-corrected chi connectivity index (χ3v) is 5.56. The van der Waals surface area contributed by atoms with Crippen LogP contribution in [0, 0.1) is 12.8 Å². The lowest BCUT2D eigenvalue weighted by Gasteiger charge is -2.14. The number of halogens is 1. The van der Waals surface area contributed by atoms with Crippen molar-refractivity contribution in [2.75, 3.05) is 7.11 Å². The lowest BCUT2D eigenvalue weighted by atomic mass is 9.99. The van der Waals surface area contributed by atoms with Crippen LogP contribution in [0.5, 0.6) is 5.75 Å². The molecule has 0 saturated heterocycles. The Hall–Kier alpha value is -2.99. The maximum absolute atomic E-state index is 12.7. The van der Waals surface area contributed by atoms with Crippen LogP contribution in [0.15, 0.2) is 47.5 Å². The van der Waals surface area contributed by atoms with Gasteiger partial charge < -0.3 is 4.74 Å². The topological polar surface area (TPSA) is 69.4 Å². The minimum absolute atomic E-state index is 0.162. The van der Waals surface area contributed by atoms with Crippen molar-refractivity contribution in [3.8, 4) is 11.4 Å². The summed E-state index contributed by atoms with van der Waals surface area (Å²) in [5.74, 6) is 2.59. The van der Waals surface area contributed by atoms with E-state index in [1.54, 1.807) is 7.11 Å². The number of aryl methyl sites for hydroxylation is 1. The molecule has 0 spiro atoms. The lowest BCUT2D eigenvalue weighted by Crippen LogP contribution is -2.12. The smallest absolute Gasteiger partial charge is 0.162 e. The highest BCUT2D eigenvalue weighted by Gasteiger charge is 2.30. The molecule has 1 aliphatic heterocycles. The minimum atomic E-state index is -0.434. The first-order valence-corrected chi connectivity index (χ1v) is 10.7. The summed E-state index contributed by atoms with van der Waals surface area (Å²) < 4.78 is 7.48. The van der Waals surface area contributed by atoms with Gasteiger partial charge in [0.25, 0.3) is 0 Å². The monoisotopic (exact) mass is 436 g/mol. The quantitative estimate of drug-likeness (QED) is 0.536. The Morgan fingerprint density at radius 1 is 1.16 bits per heavy atom. The SMILES string of the molecule is COc1ccc2c(c1)C(c1ccc(Cl)cc1)=N[C@@H](CC(=O)CC(C)C)c1nnc(C)n1-2. The molecule has 0 radical (unpaired) electrons. The predicted molar refractivity (Wildman–Crippen MR) is 122 cm³/mol. The van der Waals surface area contributed by atoms with Gasteiger partial charge in [-0.3, -0.25) is 14.4 Å². The zero-order valence-corrected chi connectivity index (χ0v) is 18.8. The number of benzene rings is 2. The Morgan fingerprint density at radius 3 is 2.58 bits per heavy atom. The normalized spacial score (nSPS) is 15.2. The van der Waals surface area contributed by atoms with E-state index < -0.39 is 6.04 Å². The van der Waals surface area contributed by atoms with Crippen LogP contribution in [0.1, 0.15) is 55.5 Å². The van der Waals surface area contributed by atoms with Crippen molar-refractivity contribution < 1.29 is 9.53 Å². The van der Waals surface area contributed by atoms with E-state index in [0.29, 0.717) is 23.2 Å². The molecule has 1 aromatic heterocycles. The Labute approximate surface area is 186 Å². The van der Waals surface area contributed by atoms with Crippen molar-refractivity contribution >= 4 is 23.1 Å². The number of rotatable bonds is 6. The highest BCUT2D eigenvalue weighted by Crippen LogP contribution is 2.34.